The van der Waals surface area contributed by atoms with Gasteiger partial charge in [0.05, 0.1) is 0 Å². The maximum absolute atomic E-state index is 12.5. The number of rotatable bonds is 5. The van der Waals surface area contributed by atoms with Crippen molar-refractivity contribution in [3.05, 3.63) is 48.6 Å². The van der Waals surface area contributed by atoms with Gasteiger partial charge < -0.3 is 5.32 Å². The Morgan fingerprint density at radius 1 is 1.24 bits per heavy atom. The first kappa shape index (κ1) is 16.0. The average molecular weight is 266 g/mol. The van der Waals surface area contributed by atoms with Crippen LogP contribution in [-0.2, 0) is 6.54 Å². The van der Waals surface area contributed by atoms with Crippen LogP contribution in [0.4, 0.5) is 13.2 Å². The van der Waals surface area contributed by atoms with Crippen molar-refractivity contribution in [2.24, 2.45) is 0 Å². The molecule has 0 spiro atoms. The molecule has 0 aliphatic carbocycles. The largest absolute Gasteiger partial charge is 0.404 e. The Kier molecular flexibility index (Phi) is 6.92. The number of nitrogens with one attached hydrogen (secondary N) is 1. The summed E-state index contributed by atoms with van der Waals surface area (Å²) in [4.78, 5) is 0. The molecule has 0 radical (unpaired) electrons. The quantitative estimate of drug-likeness (QED) is 0.801. The molecule has 0 fully saturated rings. The fourth-order valence-corrected chi connectivity index (χ4v) is 1.34. The average Bonchev–Trinajstić information content (AvgIpc) is 2.24. The van der Waals surface area contributed by atoms with Gasteiger partial charge in [0.25, 0.3) is 0 Å². The van der Waals surface area contributed by atoms with E-state index in [1.54, 1.807) is 24.3 Å². The maximum atomic E-state index is 12.5. The summed E-state index contributed by atoms with van der Waals surface area (Å²) in [6.07, 6.45) is -3.07. The number of benzene rings is 1. The van der Waals surface area contributed by atoms with E-state index in [0.29, 0.717) is 0 Å². The molecule has 1 unspecified atom stereocenters. The van der Waals surface area contributed by atoms with Crippen LogP contribution >= 0.6 is 12.4 Å². The Bertz CT molecular complexity index is 324. The fraction of sp³-hybridized carbons (Fsp3) is 0.333. The first-order valence-electron chi connectivity index (χ1n) is 4.99. The monoisotopic (exact) mass is 265 g/mol. The summed E-state index contributed by atoms with van der Waals surface area (Å²) >= 11 is 0. The molecular weight excluding hydrogens is 251 g/mol. The molecule has 0 amide bonds. The van der Waals surface area contributed by atoms with E-state index in [-0.39, 0.29) is 25.4 Å². The van der Waals surface area contributed by atoms with Gasteiger partial charge in [-0.15, -0.1) is 19.0 Å². The van der Waals surface area contributed by atoms with Crippen molar-refractivity contribution >= 4 is 12.4 Å². The van der Waals surface area contributed by atoms with Gasteiger partial charge in [0, 0.05) is 6.54 Å². The Hall–Kier alpha value is -1.00. The van der Waals surface area contributed by atoms with Crippen LogP contribution < -0.4 is 5.32 Å². The lowest BCUT2D eigenvalue weighted by molar-refractivity contribution is -0.155. The lowest BCUT2D eigenvalue weighted by Gasteiger charge is -2.20. The van der Waals surface area contributed by atoms with E-state index >= 15 is 0 Å². The van der Waals surface area contributed by atoms with E-state index < -0.39 is 12.2 Å². The molecule has 1 N–H and O–H groups in total. The van der Waals surface area contributed by atoms with E-state index in [9.17, 15) is 13.2 Å². The highest BCUT2D eigenvalue weighted by Gasteiger charge is 2.38. The fourth-order valence-electron chi connectivity index (χ4n) is 1.34. The van der Waals surface area contributed by atoms with Crippen molar-refractivity contribution < 1.29 is 13.2 Å². The highest BCUT2D eigenvalue weighted by Crippen LogP contribution is 2.23. The zero-order valence-corrected chi connectivity index (χ0v) is 10.0. The van der Waals surface area contributed by atoms with Crippen LogP contribution in [0.15, 0.2) is 43.0 Å². The summed E-state index contributed by atoms with van der Waals surface area (Å²) < 4.78 is 37.5. The van der Waals surface area contributed by atoms with Gasteiger partial charge in [0.15, 0.2) is 0 Å². The lowest BCUT2D eigenvalue weighted by atomic mass is 10.1. The normalized spacial score (nSPS) is 12.6. The predicted molar refractivity (Wildman–Crippen MR) is 65.2 cm³/mol. The zero-order valence-electron chi connectivity index (χ0n) is 9.20. The first-order chi connectivity index (χ1) is 7.54. The van der Waals surface area contributed by atoms with Gasteiger partial charge in [-0.05, 0) is 12.0 Å². The molecule has 0 saturated heterocycles. The molecule has 0 heterocycles. The summed E-state index contributed by atoms with van der Waals surface area (Å²) in [5, 5.41) is 2.48. The van der Waals surface area contributed by atoms with Crippen LogP contribution in [0.3, 0.4) is 0 Å². The van der Waals surface area contributed by atoms with Crippen LogP contribution in [0, 0.1) is 0 Å². The molecule has 96 valence electrons. The minimum Gasteiger partial charge on any atom is -0.302 e. The molecule has 0 aliphatic rings. The highest BCUT2D eigenvalue weighted by molar-refractivity contribution is 5.85. The van der Waals surface area contributed by atoms with Crippen LogP contribution in [0.1, 0.15) is 12.0 Å². The van der Waals surface area contributed by atoms with Gasteiger partial charge in [0.1, 0.15) is 6.04 Å². The molecule has 0 saturated carbocycles. The number of alkyl halides is 3. The summed E-state index contributed by atoms with van der Waals surface area (Å²) in [7, 11) is 0. The molecule has 0 bridgehead atoms. The third-order valence-corrected chi connectivity index (χ3v) is 2.19. The molecule has 0 aromatic heterocycles. The second kappa shape index (κ2) is 7.35. The van der Waals surface area contributed by atoms with Crippen LogP contribution in [0.5, 0.6) is 0 Å². The molecule has 1 aromatic carbocycles. The summed E-state index contributed by atoms with van der Waals surface area (Å²) in [6.45, 7) is 3.54. The number of hydrogen-bond acceptors (Lipinski definition) is 1. The standard InChI is InChI=1S/C12H14F3N.ClH/c1-2-6-11(12(13,14)15)16-9-10-7-4-3-5-8-10;/h2-5,7-8,11,16H,1,6,9H2;1H. The molecule has 1 rings (SSSR count). The van der Waals surface area contributed by atoms with Crippen molar-refractivity contribution in [2.45, 2.75) is 25.2 Å². The Morgan fingerprint density at radius 3 is 2.29 bits per heavy atom. The topological polar surface area (TPSA) is 12.0 Å². The smallest absolute Gasteiger partial charge is 0.302 e. The van der Waals surface area contributed by atoms with Gasteiger partial charge >= 0.3 is 6.18 Å². The second-order valence-corrected chi connectivity index (χ2v) is 3.49. The molecular formula is C12H15ClF3N. The minimum atomic E-state index is -4.23. The van der Waals surface area contributed by atoms with E-state index in [4.69, 9.17) is 0 Å². The van der Waals surface area contributed by atoms with Crippen LogP contribution in [-0.4, -0.2) is 12.2 Å². The Morgan fingerprint density at radius 2 is 1.82 bits per heavy atom. The lowest BCUT2D eigenvalue weighted by Crippen LogP contribution is -2.41. The van der Waals surface area contributed by atoms with Crippen LogP contribution in [0.25, 0.3) is 0 Å². The van der Waals surface area contributed by atoms with Gasteiger partial charge in [-0.2, -0.15) is 13.2 Å². The van der Waals surface area contributed by atoms with Crippen LogP contribution in [0.2, 0.25) is 0 Å². The van der Waals surface area contributed by atoms with E-state index in [0.717, 1.165) is 5.56 Å². The Balaban J connectivity index is 0.00000256. The predicted octanol–water partition coefficient (Wildman–Crippen LogP) is 3.71. The van der Waals surface area contributed by atoms with E-state index in [2.05, 4.69) is 11.9 Å². The minimum absolute atomic E-state index is 0. The molecule has 17 heavy (non-hydrogen) atoms. The zero-order chi connectivity index (χ0) is 12.0. The molecule has 1 atom stereocenters. The van der Waals surface area contributed by atoms with Gasteiger partial charge in [-0.25, -0.2) is 0 Å². The Labute approximate surface area is 105 Å². The van der Waals surface area contributed by atoms with Crippen molar-refractivity contribution in [1.82, 2.24) is 5.32 Å². The third kappa shape index (κ3) is 5.75. The first-order valence-corrected chi connectivity index (χ1v) is 4.99. The highest BCUT2D eigenvalue weighted by atomic mass is 35.5. The van der Waals surface area contributed by atoms with Crippen molar-refractivity contribution in [2.75, 3.05) is 0 Å². The van der Waals surface area contributed by atoms with Crippen molar-refractivity contribution in [3.8, 4) is 0 Å². The molecule has 0 aliphatic heterocycles. The molecule has 1 aromatic rings. The van der Waals surface area contributed by atoms with Crippen molar-refractivity contribution in [1.29, 1.82) is 0 Å². The number of hydrogen-bond donors (Lipinski definition) is 1. The SMILES string of the molecule is C=CCC(NCc1ccccc1)C(F)(F)F.Cl. The summed E-state index contributed by atoms with van der Waals surface area (Å²) in [5.74, 6) is 0. The summed E-state index contributed by atoms with van der Waals surface area (Å²) in [5.41, 5.74) is 0.834. The number of halogens is 4. The van der Waals surface area contributed by atoms with Gasteiger partial charge in [-0.1, -0.05) is 36.4 Å². The maximum Gasteiger partial charge on any atom is 0.404 e. The third-order valence-electron chi connectivity index (χ3n) is 2.19. The van der Waals surface area contributed by atoms with E-state index in [1.807, 2.05) is 6.07 Å². The molecule has 5 heteroatoms. The van der Waals surface area contributed by atoms with Gasteiger partial charge in [-0.3, -0.25) is 0 Å². The second-order valence-electron chi connectivity index (χ2n) is 3.49. The van der Waals surface area contributed by atoms with E-state index in [1.165, 1.54) is 6.08 Å². The molecule has 1 nitrogen and oxygen atoms in total. The van der Waals surface area contributed by atoms with Crippen molar-refractivity contribution in [3.63, 3.8) is 0 Å². The summed E-state index contributed by atoms with van der Waals surface area (Å²) in [6, 6.07) is 7.47. The van der Waals surface area contributed by atoms with Gasteiger partial charge in [0.2, 0.25) is 0 Å².